The van der Waals surface area contributed by atoms with Gasteiger partial charge in [-0.1, -0.05) is 35.9 Å². The lowest BCUT2D eigenvalue weighted by molar-refractivity contribution is -0.127. The Hall–Kier alpha value is -4.33. The number of rotatable bonds is 9. The van der Waals surface area contributed by atoms with E-state index in [4.69, 9.17) is 21.1 Å². The molecule has 0 aromatic heterocycles. The fraction of sp³-hybridized carbons (Fsp3) is 0.143. The molecule has 1 aliphatic heterocycles. The number of carbonyl (C=O) groups is 3. The van der Waals surface area contributed by atoms with Crippen molar-refractivity contribution in [2.45, 2.75) is 13.5 Å². The van der Waals surface area contributed by atoms with Crippen LogP contribution in [-0.2, 0) is 16.2 Å². The summed E-state index contributed by atoms with van der Waals surface area (Å²) in [5.74, 6) is -1.24. The fourth-order valence-electron chi connectivity index (χ4n) is 3.68. The molecule has 0 radical (unpaired) electrons. The highest BCUT2D eigenvalue weighted by Gasteiger charge is 2.36. The molecular weight excluding hydrogens is 545 g/mol. The third kappa shape index (κ3) is 6.76. The first-order valence-electron chi connectivity index (χ1n) is 11.7. The number of hydrogen-bond acceptors (Lipinski definition) is 7. The first-order valence-corrected chi connectivity index (χ1v) is 12.9. The van der Waals surface area contributed by atoms with Gasteiger partial charge < -0.3 is 14.8 Å². The number of carbonyl (C=O) groups excluding carboxylic acids is 3. The van der Waals surface area contributed by atoms with Crippen LogP contribution in [0.1, 0.15) is 23.6 Å². The van der Waals surface area contributed by atoms with Gasteiger partial charge in [0.15, 0.2) is 11.5 Å². The summed E-state index contributed by atoms with van der Waals surface area (Å²) in [6.45, 7) is 1.65. The summed E-state index contributed by atoms with van der Waals surface area (Å²) in [5.41, 5.74) is 1.84. The summed E-state index contributed by atoms with van der Waals surface area (Å²) in [4.78, 5) is 38.7. The molecule has 1 fully saturated rings. The molecular formula is C28H21ClFN3O5S. The molecule has 0 bridgehead atoms. The molecule has 0 saturated carbocycles. The Labute approximate surface area is 233 Å². The smallest absolute Gasteiger partial charge is 0.294 e. The molecule has 1 aliphatic rings. The van der Waals surface area contributed by atoms with Gasteiger partial charge in [-0.05, 0) is 66.7 Å². The molecule has 3 amide bonds. The number of ether oxygens (including phenoxy) is 2. The van der Waals surface area contributed by atoms with Gasteiger partial charge in [-0.2, -0.15) is 5.26 Å². The number of halogens is 2. The van der Waals surface area contributed by atoms with Crippen molar-refractivity contribution in [1.82, 2.24) is 4.90 Å². The first kappa shape index (κ1) is 27.7. The van der Waals surface area contributed by atoms with E-state index in [0.29, 0.717) is 40.8 Å². The molecule has 0 spiro atoms. The minimum atomic E-state index is -0.651. The summed E-state index contributed by atoms with van der Waals surface area (Å²) >= 11 is 7.18. The zero-order valence-corrected chi connectivity index (χ0v) is 22.1. The summed E-state index contributed by atoms with van der Waals surface area (Å²) in [5, 5.41) is 11.4. The van der Waals surface area contributed by atoms with Gasteiger partial charge in [0.1, 0.15) is 19.0 Å². The number of anilines is 1. The highest BCUT2D eigenvalue weighted by Crippen LogP contribution is 2.39. The van der Waals surface area contributed by atoms with Crippen molar-refractivity contribution in [3.05, 3.63) is 93.1 Å². The Bertz CT molecular complexity index is 1520. The van der Waals surface area contributed by atoms with Gasteiger partial charge in [-0.3, -0.25) is 19.3 Å². The monoisotopic (exact) mass is 565 g/mol. The van der Waals surface area contributed by atoms with Crippen LogP contribution in [0.5, 0.6) is 11.5 Å². The van der Waals surface area contributed by atoms with Gasteiger partial charge in [0, 0.05) is 11.3 Å². The second kappa shape index (κ2) is 12.5. The Morgan fingerprint density at radius 3 is 2.69 bits per heavy atom. The van der Waals surface area contributed by atoms with Gasteiger partial charge in [0.25, 0.3) is 11.1 Å². The van der Waals surface area contributed by atoms with Crippen LogP contribution in [0.4, 0.5) is 14.9 Å². The second-order valence-electron chi connectivity index (χ2n) is 8.15. The first-order chi connectivity index (χ1) is 18.8. The fourth-order valence-corrected chi connectivity index (χ4v) is 4.79. The molecule has 1 saturated heterocycles. The number of nitrogens with zero attached hydrogens (tertiary/aromatic N) is 2. The lowest BCUT2D eigenvalue weighted by Gasteiger charge is -2.15. The molecule has 0 atom stereocenters. The average Bonchev–Trinajstić information content (AvgIpc) is 3.15. The van der Waals surface area contributed by atoms with Crippen molar-refractivity contribution < 1.29 is 28.2 Å². The minimum Gasteiger partial charge on any atom is -0.490 e. The van der Waals surface area contributed by atoms with Crippen molar-refractivity contribution in [1.29, 1.82) is 5.26 Å². The van der Waals surface area contributed by atoms with Gasteiger partial charge >= 0.3 is 0 Å². The topological polar surface area (TPSA) is 109 Å². The zero-order valence-electron chi connectivity index (χ0n) is 20.6. The molecule has 39 heavy (non-hydrogen) atoms. The van der Waals surface area contributed by atoms with Gasteiger partial charge in [-0.25, -0.2) is 4.39 Å². The summed E-state index contributed by atoms with van der Waals surface area (Å²) in [6, 6.07) is 17.6. The van der Waals surface area contributed by atoms with Crippen LogP contribution in [0, 0.1) is 17.1 Å². The van der Waals surface area contributed by atoms with E-state index < -0.39 is 29.4 Å². The predicted molar refractivity (Wildman–Crippen MR) is 146 cm³/mol. The highest BCUT2D eigenvalue weighted by molar-refractivity contribution is 8.18. The van der Waals surface area contributed by atoms with Crippen LogP contribution in [-0.4, -0.2) is 35.1 Å². The highest BCUT2D eigenvalue weighted by atomic mass is 35.5. The molecule has 3 aromatic rings. The number of nitrogens with one attached hydrogen (secondary N) is 1. The van der Waals surface area contributed by atoms with Crippen LogP contribution in [0.25, 0.3) is 6.08 Å². The van der Waals surface area contributed by atoms with E-state index in [-0.39, 0.29) is 28.0 Å². The minimum absolute atomic E-state index is 0.0828. The van der Waals surface area contributed by atoms with E-state index in [9.17, 15) is 24.0 Å². The third-order valence-electron chi connectivity index (χ3n) is 5.42. The van der Waals surface area contributed by atoms with Crippen molar-refractivity contribution in [2.75, 3.05) is 18.5 Å². The molecule has 11 heteroatoms. The van der Waals surface area contributed by atoms with Crippen LogP contribution >= 0.6 is 23.4 Å². The molecule has 0 unspecified atom stereocenters. The molecule has 0 aliphatic carbocycles. The second-order valence-corrected chi connectivity index (χ2v) is 9.55. The van der Waals surface area contributed by atoms with Crippen molar-refractivity contribution in [3.63, 3.8) is 0 Å². The zero-order chi connectivity index (χ0) is 27.9. The normalized spacial score (nSPS) is 13.9. The van der Waals surface area contributed by atoms with Gasteiger partial charge in [0.05, 0.1) is 28.2 Å². The van der Waals surface area contributed by atoms with Crippen molar-refractivity contribution in [3.8, 4) is 17.6 Å². The number of imide groups is 1. The maximum absolute atomic E-state index is 13.4. The molecule has 3 aromatic carbocycles. The Balaban J connectivity index is 1.50. The largest absolute Gasteiger partial charge is 0.490 e. The quantitative estimate of drug-likeness (QED) is 0.317. The third-order valence-corrected chi connectivity index (χ3v) is 6.61. The molecule has 4 rings (SSSR count). The summed E-state index contributed by atoms with van der Waals surface area (Å²) < 4.78 is 25.0. The van der Waals surface area contributed by atoms with Crippen molar-refractivity contribution >= 4 is 52.2 Å². The lowest BCUT2D eigenvalue weighted by Crippen LogP contribution is -2.36. The predicted octanol–water partition coefficient (Wildman–Crippen LogP) is 6.00. The maximum atomic E-state index is 13.4. The maximum Gasteiger partial charge on any atom is 0.294 e. The number of nitriles is 1. The Morgan fingerprint density at radius 1 is 1.15 bits per heavy atom. The van der Waals surface area contributed by atoms with E-state index in [2.05, 4.69) is 11.4 Å². The SMILES string of the molecule is CCOc1cc(/C=C2/SC(=O)N(CC(=O)Nc3cccc(F)c3)C2=O)cc(Cl)c1OCc1ccccc1C#N. The van der Waals surface area contributed by atoms with Crippen LogP contribution in [0.3, 0.4) is 0 Å². The number of hydrogen-bond donors (Lipinski definition) is 1. The number of benzene rings is 3. The standard InChI is InChI=1S/C28H21ClFN3O5S/c1-2-37-23-11-17(10-22(29)26(23)38-16-19-7-4-3-6-18(19)14-31)12-24-27(35)33(28(36)39-24)15-25(34)32-21-9-5-8-20(30)13-21/h3-13H,2,15-16H2,1H3,(H,32,34)/b24-12+. The molecule has 198 valence electrons. The van der Waals surface area contributed by atoms with Gasteiger partial charge in [0.2, 0.25) is 5.91 Å². The molecule has 1 heterocycles. The summed E-state index contributed by atoms with van der Waals surface area (Å²) in [7, 11) is 0. The molecule has 8 nitrogen and oxygen atoms in total. The van der Waals surface area contributed by atoms with E-state index in [1.54, 1.807) is 43.3 Å². The van der Waals surface area contributed by atoms with Gasteiger partial charge in [-0.15, -0.1) is 0 Å². The summed E-state index contributed by atoms with van der Waals surface area (Å²) in [6.07, 6.45) is 1.47. The Morgan fingerprint density at radius 2 is 1.95 bits per heavy atom. The van der Waals surface area contributed by atoms with E-state index in [1.165, 1.54) is 24.3 Å². The van der Waals surface area contributed by atoms with Crippen molar-refractivity contribution in [2.24, 2.45) is 0 Å². The average molecular weight is 566 g/mol. The van der Waals surface area contributed by atoms with Crippen LogP contribution < -0.4 is 14.8 Å². The van der Waals surface area contributed by atoms with Crippen LogP contribution in [0.2, 0.25) is 5.02 Å². The van der Waals surface area contributed by atoms with Crippen LogP contribution in [0.15, 0.2) is 65.6 Å². The number of amides is 3. The lowest BCUT2D eigenvalue weighted by atomic mass is 10.1. The number of thioether (sulfide) groups is 1. The Kier molecular flexibility index (Phi) is 8.86. The van der Waals surface area contributed by atoms with E-state index in [0.717, 1.165) is 11.0 Å². The van der Waals surface area contributed by atoms with E-state index in [1.807, 2.05) is 0 Å². The van der Waals surface area contributed by atoms with E-state index >= 15 is 0 Å². The molecule has 1 N–H and O–H groups in total.